The fourth-order valence-electron chi connectivity index (χ4n) is 3.28. The fourth-order valence-corrected chi connectivity index (χ4v) is 3.28. The number of benzene rings is 1. The summed E-state index contributed by atoms with van der Waals surface area (Å²) in [5.74, 6) is 0.528. The summed E-state index contributed by atoms with van der Waals surface area (Å²) >= 11 is 0. The Balaban J connectivity index is 1.50. The zero-order valence-corrected chi connectivity index (χ0v) is 16.8. The van der Waals surface area contributed by atoms with Crippen LogP contribution in [0.25, 0.3) is 11.3 Å². The van der Waals surface area contributed by atoms with Crippen LogP contribution < -0.4 is 15.6 Å². The number of hydrogen-bond acceptors (Lipinski definition) is 5. The van der Waals surface area contributed by atoms with Crippen LogP contribution in [-0.2, 0) is 11.2 Å². The van der Waals surface area contributed by atoms with Gasteiger partial charge in [-0.3, -0.25) is 14.6 Å². The van der Waals surface area contributed by atoms with E-state index in [9.17, 15) is 9.59 Å². The van der Waals surface area contributed by atoms with E-state index in [1.54, 1.807) is 17.4 Å². The zero-order chi connectivity index (χ0) is 21.1. The number of aromatic nitrogens is 2. The van der Waals surface area contributed by atoms with E-state index in [2.05, 4.69) is 25.7 Å². The van der Waals surface area contributed by atoms with Gasteiger partial charge in [0.15, 0.2) is 0 Å². The zero-order valence-electron chi connectivity index (χ0n) is 16.8. The highest BCUT2D eigenvalue weighted by Gasteiger charge is 2.20. The third-order valence-electron chi connectivity index (χ3n) is 4.80. The molecule has 1 aromatic carbocycles. The Bertz CT molecular complexity index is 1120. The number of rotatable bonds is 5. The lowest BCUT2D eigenvalue weighted by atomic mass is 10.1. The van der Waals surface area contributed by atoms with Gasteiger partial charge in [0.1, 0.15) is 5.82 Å². The quantitative estimate of drug-likeness (QED) is 0.451. The molecule has 30 heavy (non-hydrogen) atoms. The molecule has 1 aliphatic heterocycles. The molecule has 0 radical (unpaired) electrons. The second-order valence-corrected chi connectivity index (χ2v) is 7.06. The summed E-state index contributed by atoms with van der Waals surface area (Å²) in [4.78, 5) is 30.8. The molecule has 0 spiro atoms. The third kappa shape index (κ3) is 4.22. The number of carbonyl (C=O) groups excluding carboxylic acids is 2. The van der Waals surface area contributed by atoms with Crippen molar-refractivity contribution in [1.29, 1.82) is 0 Å². The van der Waals surface area contributed by atoms with Gasteiger partial charge in [0.25, 0.3) is 5.91 Å². The average molecular weight is 402 g/mol. The summed E-state index contributed by atoms with van der Waals surface area (Å²) in [5, 5.41) is 11.7. The van der Waals surface area contributed by atoms with Crippen LogP contribution in [0.5, 0.6) is 0 Å². The maximum Gasteiger partial charge on any atom is 0.253 e. The van der Waals surface area contributed by atoms with Gasteiger partial charge in [-0.25, -0.2) is 4.98 Å². The molecular formula is C22H22N6O2. The molecule has 3 aromatic rings. The van der Waals surface area contributed by atoms with Crippen molar-refractivity contribution in [2.75, 3.05) is 23.9 Å². The van der Waals surface area contributed by atoms with Gasteiger partial charge in [0.2, 0.25) is 5.91 Å². The van der Waals surface area contributed by atoms with Gasteiger partial charge in [-0.15, -0.1) is 0 Å². The molecule has 2 amide bonds. The number of hydrogen-bond donors (Lipinski definition) is 3. The molecule has 152 valence electrons. The Labute approximate surface area is 174 Å². The van der Waals surface area contributed by atoms with Crippen LogP contribution in [0.4, 0.5) is 11.5 Å². The van der Waals surface area contributed by atoms with Crippen LogP contribution in [0.15, 0.2) is 53.8 Å². The number of nitrogens with zero attached hydrogens (tertiary/aromatic N) is 3. The molecule has 0 unspecified atom stereocenters. The van der Waals surface area contributed by atoms with E-state index in [0.29, 0.717) is 17.9 Å². The maximum absolute atomic E-state index is 12.0. The number of pyridine rings is 1. The van der Waals surface area contributed by atoms with E-state index in [-0.39, 0.29) is 11.8 Å². The highest BCUT2D eigenvalue weighted by atomic mass is 16.2. The number of fused-ring (bicyclic) bond motifs is 1. The average Bonchev–Trinajstić information content (AvgIpc) is 3.19. The molecule has 4 rings (SSSR count). The SMILES string of the molecule is CC(=O)Nc1ccc(/C=N/N(C)c2cc(-c3cc4c([nH]3)CCNC4=O)ccn2)cc1. The monoisotopic (exact) mass is 402 g/mol. The molecule has 1 aliphatic rings. The van der Waals surface area contributed by atoms with E-state index >= 15 is 0 Å². The van der Waals surface area contributed by atoms with Crippen LogP contribution in [0.1, 0.15) is 28.5 Å². The Morgan fingerprint density at radius 2 is 2.03 bits per heavy atom. The molecule has 8 nitrogen and oxygen atoms in total. The van der Waals surface area contributed by atoms with Crippen molar-refractivity contribution in [2.45, 2.75) is 13.3 Å². The van der Waals surface area contributed by atoms with Gasteiger partial charge >= 0.3 is 0 Å². The number of H-pyrrole nitrogens is 1. The van der Waals surface area contributed by atoms with Gasteiger partial charge in [-0.2, -0.15) is 5.10 Å². The van der Waals surface area contributed by atoms with Crippen LogP contribution in [0, 0.1) is 0 Å². The number of amides is 2. The van der Waals surface area contributed by atoms with Crippen molar-refractivity contribution in [3.05, 3.63) is 65.5 Å². The second-order valence-electron chi connectivity index (χ2n) is 7.06. The first kappa shape index (κ1) is 19.4. The molecule has 0 fully saturated rings. The van der Waals surface area contributed by atoms with Crippen molar-refractivity contribution in [2.24, 2.45) is 5.10 Å². The number of aromatic amines is 1. The summed E-state index contributed by atoms with van der Waals surface area (Å²) in [6, 6.07) is 13.1. The standard InChI is InChI=1S/C22H22N6O2/c1-14(29)26-17-5-3-15(4-6-17)13-25-28(2)21-11-16(7-9-23-21)20-12-18-19(27-20)8-10-24-22(18)30/h3-7,9,11-13,27H,8,10H2,1-2H3,(H,24,30)(H,26,29)/b25-13+. The number of hydrazone groups is 1. The largest absolute Gasteiger partial charge is 0.358 e. The summed E-state index contributed by atoms with van der Waals surface area (Å²) in [7, 11) is 1.82. The molecule has 0 bridgehead atoms. The normalized spacial score (nSPS) is 13.1. The summed E-state index contributed by atoms with van der Waals surface area (Å²) in [6.07, 6.45) is 4.24. The van der Waals surface area contributed by atoms with E-state index in [1.165, 1.54) is 6.92 Å². The molecule has 8 heteroatoms. The smallest absolute Gasteiger partial charge is 0.253 e. The van der Waals surface area contributed by atoms with Gasteiger partial charge < -0.3 is 15.6 Å². The minimum Gasteiger partial charge on any atom is -0.358 e. The molecule has 0 atom stereocenters. The van der Waals surface area contributed by atoms with E-state index < -0.39 is 0 Å². The van der Waals surface area contributed by atoms with Gasteiger partial charge in [-0.1, -0.05) is 12.1 Å². The highest BCUT2D eigenvalue weighted by molar-refractivity contribution is 5.97. The topological polar surface area (TPSA) is 102 Å². The first-order valence-electron chi connectivity index (χ1n) is 9.61. The number of carbonyl (C=O) groups is 2. The predicted octanol–water partition coefficient (Wildman–Crippen LogP) is 2.79. The molecular weight excluding hydrogens is 380 g/mol. The number of nitrogens with one attached hydrogen (secondary N) is 3. The highest BCUT2D eigenvalue weighted by Crippen LogP contribution is 2.26. The molecule has 2 aromatic heterocycles. The first-order chi connectivity index (χ1) is 14.5. The Kier molecular flexibility index (Phi) is 5.30. The lowest BCUT2D eigenvalue weighted by Gasteiger charge is -2.12. The molecule has 0 aliphatic carbocycles. The van der Waals surface area contributed by atoms with E-state index in [1.807, 2.05) is 49.5 Å². The lowest BCUT2D eigenvalue weighted by Crippen LogP contribution is -2.31. The van der Waals surface area contributed by atoms with Crippen molar-refractivity contribution >= 4 is 29.5 Å². The van der Waals surface area contributed by atoms with Crippen molar-refractivity contribution in [1.82, 2.24) is 15.3 Å². The second kappa shape index (κ2) is 8.20. The van der Waals surface area contributed by atoms with Crippen molar-refractivity contribution < 1.29 is 9.59 Å². The Morgan fingerprint density at radius 1 is 1.23 bits per heavy atom. The minimum atomic E-state index is -0.106. The van der Waals surface area contributed by atoms with Crippen molar-refractivity contribution in [3.63, 3.8) is 0 Å². The summed E-state index contributed by atoms with van der Waals surface area (Å²) in [5.41, 5.74) is 5.11. The van der Waals surface area contributed by atoms with Crippen LogP contribution >= 0.6 is 0 Å². The van der Waals surface area contributed by atoms with E-state index in [4.69, 9.17) is 0 Å². The Morgan fingerprint density at radius 3 is 2.77 bits per heavy atom. The fraction of sp³-hybridized carbons (Fsp3) is 0.182. The first-order valence-corrected chi connectivity index (χ1v) is 9.61. The van der Waals surface area contributed by atoms with Crippen LogP contribution in [0.3, 0.4) is 0 Å². The maximum atomic E-state index is 12.0. The van der Waals surface area contributed by atoms with Gasteiger partial charge in [0, 0.05) is 55.8 Å². The molecule has 0 saturated carbocycles. The van der Waals surface area contributed by atoms with Gasteiger partial charge in [-0.05, 0) is 35.9 Å². The summed E-state index contributed by atoms with van der Waals surface area (Å²) < 4.78 is 0. The predicted molar refractivity (Wildman–Crippen MR) is 117 cm³/mol. The lowest BCUT2D eigenvalue weighted by molar-refractivity contribution is -0.114. The molecule has 3 heterocycles. The minimum absolute atomic E-state index is 0.0423. The van der Waals surface area contributed by atoms with Crippen LogP contribution in [-0.4, -0.2) is 41.6 Å². The molecule has 0 saturated heterocycles. The van der Waals surface area contributed by atoms with E-state index in [0.717, 1.165) is 34.6 Å². The summed E-state index contributed by atoms with van der Waals surface area (Å²) in [6.45, 7) is 2.12. The number of anilines is 2. The molecule has 3 N–H and O–H groups in total. The Hall–Kier alpha value is -3.94. The third-order valence-corrected chi connectivity index (χ3v) is 4.80. The van der Waals surface area contributed by atoms with Gasteiger partial charge in [0.05, 0.1) is 11.8 Å². The van der Waals surface area contributed by atoms with Crippen LogP contribution in [0.2, 0.25) is 0 Å². The van der Waals surface area contributed by atoms with Crippen molar-refractivity contribution in [3.8, 4) is 11.3 Å².